The molecular weight excluding hydrogens is 555 g/mol. The summed E-state index contributed by atoms with van der Waals surface area (Å²) in [6, 6.07) is 8.84. The first-order valence-electron chi connectivity index (χ1n) is 14.0. The van der Waals surface area contributed by atoms with Gasteiger partial charge in [0.2, 0.25) is 5.91 Å². The van der Waals surface area contributed by atoms with Crippen LogP contribution in [0.4, 0.5) is 10.1 Å². The van der Waals surface area contributed by atoms with E-state index in [0.717, 1.165) is 22.2 Å². The van der Waals surface area contributed by atoms with E-state index in [1.165, 1.54) is 12.1 Å². The Morgan fingerprint density at radius 1 is 0.951 bits per heavy atom. The number of alkyl halides is 2. The van der Waals surface area contributed by atoms with Gasteiger partial charge in [0, 0.05) is 42.4 Å². The van der Waals surface area contributed by atoms with Crippen LogP contribution in [0.1, 0.15) is 11.1 Å². The molecule has 0 radical (unpaired) electrons. The summed E-state index contributed by atoms with van der Waals surface area (Å²) in [6.45, 7) is 1.34. The van der Waals surface area contributed by atoms with Crippen LogP contribution in [0.5, 0.6) is 0 Å². The second kappa shape index (κ2) is 14.6. The predicted octanol–water partition coefficient (Wildman–Crippen LogP) is -6.38. The quantitative estimate of drug-likeness (QED) is 0.130. The summed E-state index contributed by atoms with van der Waals surface area (Å²) < 4.78 is 19.4. The second-order valence-corrected chi connectivity index (χ2v) is 13.3. The molecule has 2 atom stereocenters. The van der Waals surface area contributed by atoms with Gasteiger partial charge in [-0.2, -0.15) is 0 Å². The van der Waals surface area contributed by atoms with Crippen molar-refractivity contribution in [1.29, 1.82) is 0 Å². The van der Waals surface area contributed by atoms with Gasteiger partial charge in [0.25, 0.3) is 0 Å². The minimum Gasteiger partial charge on any atom is -0.478 e. The fourth-order valence-corrected chi connectivity index (χ4v) is 4.95. The van der Waals surface area contributed by atoms with Crippen molar-refractivity contribution in [2.24, 2.45) is 5.73 Å². The number of rotatable bonds is 14. The summed E-state index contributed by atoms with van der Waals surface area (Å²) in [5, 5.41) is 1.68. The summed E-state index contributed by atoms with van der Waals surface area (Å²) in [5.41, 5.74) is 9.98. The van der Waals surface area contributed by atoms with E-state index in [9.17, 15) is 14.0 Å². The van der Waals surface area contributed by atoms with Gasteiger partial charge < -0.3 is 20.7 Å². The molecule has 41 heavy (non-hydrogen) atoms. The molecule has 0 fully saturated rings. The molecule has 1 amide bonds. The zero-order valence-electron chi connectivity index (χ0n) is 25.7. The van der Waals surface area contributed by atoms with E-state index in [2.05, 4.69) is 10.2 Å². The number of benzene rings is 2. The number of carbonyl (C=O) groups is 2. The van der Waals surface area contributed by atoms with E-state index >= 15 is 0 Å². The van der Waals surface area contributed by atoms with Gasteiger partial charge in [0.05, 0.1) is 29.0 Å². The predicted molar refractivity (Wildman–Crippen MR) is 192 cm³/mol. The highest BCUT2D eigenvalue weighted by molar-refractivity contribution is 6.67. The van der Waals surface area contributed by atoms with Gasteiger partial charge >= 0.3 is 5.97 Å². The summed E-state index contributed by atoms with van der Waals surface area (Å²) in [5.74, 6) is -0.487. The first kappa shape index (κ1) is 35.4. The van der Waals surface area contributed by atoms with Crippen LogP contribution in [0.25, 0.3) is 0 Å². The van der Waals surface area contributed by atoms with Crippen molar-refractivity contribution in [3.8, 4) is 0 Å². The average molecular weight is 593 g/mol. The van der Waals surface area contributed by atoms with Crippen molar-refractivity contribution in [1.82, 2.24) is 5.32 Å². The zero-order chi connectivity index (χ0) is 31.2. The van der Waals surface area contributed by atoms with Crippen LogP contribution >= 0.6 is 23.2 Å². The smallest absolute Gasteiger partial charge is 0.327 e. The van der Waals surface area contributed by atoms with Gasteiger partial charge in [-0.05, 0) is 29.7 Å². The second-order valence-electron chi connectivity index (χ2n) is 12.6. The molecule has 0 saturated carbocycles. The Labute approximate surface area is 261 Å². The third kappa shape index (κ3) is 9.86. The van der Waals surface area contributed by atoms with Crippen molar-refractivity contribution < 1.29 is 18.7 Å². The molecular formula is C24H38B8Cl2FN3O3. The summed E-state index contributed by atoms with van der Waals surface area (Å²) in [6.07, 6.45) is 0.378. The van der Waals surface area contributed by atoms with Crippen molar-refractivity contribution >= 4 is 114 Å². The number of hydrogen-bond donors (Lipinski definition) is 2. The maximum atomic E-state index is 13.6. The van der Waals surface area contributed by atoms with Crippen LogP contribution in [-0.4, -0.2) is 116 Å². The Balaban J connectivity index is 2.31. The first-order chi connectivity index (χ1) is 18.9. The van der Waals surface area contributed by atoms with Crippen LogP contribution in [0.2, 0.25) is 5.11 Å². The van der Waals surface area contributed by atoms with E-state index in [0.29, 0.717) is 30.4 Å². The number of amides is 1. The van der Waals surface area contributed by atoms with Gasteiger partial charge in [-0.1, -0.05) is 40.3 Å². The first-order valence-corrected chi connectivity index (χ1v) is 15.0. The molecule has 2 aromatic carbocycles. The molecule has 0 aliphatic heterocycles. The molecule has 0 heterocycles. The van der Waals surface area contributed by atoms with Crippen molar-refractivity contribution in [2.45, 2.75) is 34.8 Å². The number of nitrogens with one attached hydrogen (secondary N) is 1. The van der Waals surface area contributed by atoms with E-state index in [-0.39, 0.29) is 23.8 Å². The van der Waals surface area contributed by atoms with Crippen LogP contribution in [-0.2, 0) is 27.2 Å². The van der Waals surface area contributed by atoms with Crippen LogP contribution in [0.3, 0.4) is 0 Å². The molecule has 0 bridgehead atoms. The molecule has 2 rings (SSSR count). The van der Waals surface area contributed by atoms with Crippen LogP contribution in [0, 0.1) is 5.82 Å². The monoisotopic (exact) mass is 593 g/mol. The highest BCUT2D eigenvalue weighted by Gasteiger charge is 2.39. The lowest BCUT2D eigenvalue weighted by Crippen LogP contribution is -2.61. The van der Waals surface area contributed by atoms with Crippen molar-refractivity contribution in [3.05, 3.63) is 53.3 Å². The van der Waals surface area contributed by atoms with E-state index in [4.69, 9.17) is 33.7 Å². The summed E-state index contributed by atoms with van der Waals surface area (Å²) in [7, 11) is 15.3. The largest absolute Gasteiger partial charge is 0.478 e. The summed E-state index contributed by atoms with van der Waals surface area (Å²) in [4.78, 5) is 29.1. The lowest BCUT2D eigenvalue weighted by Gasteiger charge is -2.40. The van der Waals surface area contributed by atoms with Gasteiger partial charge in [0.1, 0.15) is 51.1 Å². The van der Waals surface area contributed by atoms with Crippen molar-refractivity contribution in [3.63, 3.8) is 0 Å². The number of ether oxygens (including phenoxy) is 1. The maximum Gasteiger partial charge on any atom is 0.327 e. The van der Waals surface area contributed by atoms with Crippen molar-refractivity contribution in [2.75, 3.05) is 29.7 Å². The van der Waals surface area contributed by atoms with Crippen LogP contribution < -0.4 is 26.9 Å². The molecule has 17 heteroatoms. The van der Waals surface area contributed by atoms with Gasteiger partial charge in [0.15, 0.2) is 0 Å². The standard InChI is InChI=1S/C24H38B8Cl2FN3O3/c25-16-9-14(10-17(26)19(16)38(7-5-33)8-6-34)12-22(27,36)21(40)37-18(11-13-1-3-15(35)4-2-13)20(39)41-24(31,32)23(28,29)30/h1-4,9-10,18H,5-8,11-12,25-32,36H2,(H,37,40). The average Bonchev–Trinajstić information content (AvgIpc) is 2.83. The molecule has 6 nitrogen and oxygen atoms in total. The zero-order valence-corrected chi connectivity index (χ0v) is 27.2. The number of hydrogen-bond acceptors (Lipinski definition) is 5. The normalized spacial score (nSPS) is 14.0. The molecule has 2 aromatic rings. The molecule has 212 valence electrons. The number of nitrogens with zero attached hydrogens (tertiary/aromatic N) is 1. The fraction of sp³-hybridized carbons (Fsp3) is 0.417. The van der Waals surface area contributed by atoms with Gasteiger partial charge in [-0.15, -0.1) is 23.2 Å². The Bertz CT molecular complexity index is 1190. The molecule has 0 aliphatic carbocycles. The van der Waals surface area contributed by atoms with E-state index < -0.39 is 28.8 Å². The maximum absolute atomic E-state index is 13.6. The molecule has 0 aromatic heterocycles. The molecule has 2 unspecified atom stereocenters. The minimum atomic E-state index is -1.33. The lowest BCUT2D eigenvalue weighted by atomic mass is 9.28. The van der Waals surface area contributed by atoms with E-state index in [1.807, 2.05) is 67.1 Å². The molecule has 0 saturated heterocycles. The van der Waals surface area contributed by atoms with E-state index in [1.54, 1.807) is 20.0 Å². The fourth-order valence-electron chi connectivity index (χ4n) is 4.54. The highest BCUT2D eigenvalue weighted by atomic mass is 35.5. The van der Waals surface area contributed by atoms with Gasteiger partial charge in [-0.3, -0.25) is 4.79 Å². The number of carbonyl (C=O) groups excluding carboxylic acids is 2. The Morgan fingerprint density at radius 2 is 1.46 bits per heavy atom. The summed E-state index contributed by atoms with van der Waals surface area (Å²) >= 11 is 12.0. The number of anilines is 1. The Morgan fingerprint density at radius 3 is 1.93 bits per heavy atom. The number of esters is 1. The Hall–Kier alpha value is -1.83. The minimum absolute atomic E-state index is 0.130. The molecule has 0 spiro atoms. The molecule has 0 aliphatic rings. The SMILES string of the molecule is Bc1cc(CC(B)(N)C(=O)NC(Cc2ccc(F)cc2)C(=O)OC(B)(B)C(B)(B)B)cc(B)c1N(CCCl)CCCl. The van der Waals surface area contributed by atoms with Gasteiger partial charge in [-0.25, -0.2) is 9.18 Å². The molecule has 3 N–H and O–H groups in total. The third-order valence-electron chi connectivity index (χ3n) is 7.77. The number of halogens is 3. The third-order valence-corrected chi connectivity index (χ3v) is 8.11. The highest BCUT2D eigenvalue weighted by Crippen LogP contribution is 2.26. The number of nitrogens with two attached hydrogens (primary N) is 1. The Kier molecular flexibility index (Phi) is 12.6. The van der Waals surface area contributed by atoms with Crippen LogP contribution in [0.15, 0.2) is 36.4 Å². The lowest BCUT2D eigenvalue weighted by molar-refractivity contribution is -0.151. The topological polar surface area (TPSA) is 84.7 Å².